The second-order valence-electron chi connectivity index (χ2n) is 8.79. The largest absolute Gasteiger partial charge is 0.497 e. The van der Waals surface area contributed by atoms with Gasteiger partial charge in [-0.1, -0.05) is 13.0 Å². The van der Waals surface area contributed by atoms with Crippen LogP contribution in [0.5, 0.6) is 5.75 Å². The van der Waals surface area contributed by atoms with Gasteiger partial charge in [-0.25, -0.2) is 0 Å². The van der Waals surface area contributed by atoms with Crippen LogP contribution in [0.3, 0.4) is 0 Å². The van der Waals surface area contributed by atoms with Crippen molar-refractivity contribution >= 4 is 0 Å². The molecule has 2 bridgehead atoms. The number of rotatable bonds is 3. The van der Waals surface area contributed by atoms with Crippen molar-refractivity contribution in [3.63, 3.8) is 0 Å². The molecule has 0 amide bonds. The monoisotopic (exact) mass is 361 g/mol. The Labute approximate surface area is 155 Å². The summed E-state index contributed by atoms with van der Waals surface area (Å²) in [6.45, 7) is 2.75. The summed E-state index contributed by atoms with van der Waals surface area (Å²) < 4.78 is 5.51. The van der Waals surface area contributed by atoms with Crippen molar-refractivity contribution in [3.8, 4) is 5.75 Å². The summed E-state index contributed by atoms with van der Waals surface area (Å²) in [6.07, 6.45) is 1.88. The Morgan fingerprint density at radius 2 is 2.00 bits per heavy atom. The van der Waals surface area contributed by atoms with Crippen LogP contribution in [-0.4, -0.2) is 66.3 Å². The van der Waals surface area contributed by atoms with Gasteiger partial charge in [-0.15, -0.1) is 0 Å². The van der Waals surface area contributed by atoms with Gasteiger partial charge in [0.2, 0.25) is 0 Å². The van der Waals surface area contributed by atoms with E-state index in [-0.39, 0.29) is 24.5 Å². The third kappa shape index (κ3) is 2.18. The zero-order valence-corrected chi connectivity index (χ0v) is 16.0. The summed E-state index contributed by atoms with van der Waals surface area (Å²) in [5.41, 5.74) is 1.70. The van der Waals surface area contributed by atoms with Gasteiger partial charge in [0, 0.05) is 16.9 Å². The van der Waals surface area contributed by atoms with Crippen LogP contribution >= 0.6 is 0 Å². The number of hydrogen-bond donors (Lipinski definition) is 3. The lowest BCUT2D eigenvalue weighted by Gasteiger charge is -2.65. The van der Waals surface area contributed by atoms with Crippen molar-refractivity contribution in [3.05, 3.63) is 29.3 Å². The highest BCUT2D eigenvalue weighted by atomic mass is 16.5. The van der Waals surface area contributed by atoms with Gasteiger partial charge in [-0.2, -0.15) is 0 Å². The van der Waals surface area contributed by atoms with Gasteiger partial charge in [-0.05, 0) is 68.0 Å². The molecular formula is C21H31NO4. The van der Waals surface area contributed by atoms with Crippen LogP contribution in [0.25, 0.3) is 0 Å². The molecule has 2 fully saturated rings. The van der Waals surface area contributed by atoms with Crippen LogP contribution in [0.4, 0.5) is 0 Å². The number of benzene rings is 1. The lowest BCUT2D eigenvalue weighted by atomic mass is 9.44. The van der Waals surface area contributed by atoms with E-state index in [1.807, 2.05) is 6.07 Å². The quantitative estimate of drug-likeness (QED) is 0.754. The number of likely N-dealkylation sites (N-methyl/N-ethyl adjacent to an activating group) is 1. The summed E-state index contributed by atoms with van der Waals surface area (Å²) in [4.78, 5) is 2.43. The van der Waals surface area contributed by atoms with Crippen molar-refractivity contribution < 1.29 is 20.1 Å². The number of methoxy groups -OCH3 is 1. The molecular weight excluding hydrogens is 330 g/mol. The molecule has 1 aromatic rings. The Bertz CT molecular complexity index is 689. The van der Waals surface area contributed by atoms with E-state index in [0.29, 0.717) is 18.4 Å². The molecule has 144 valence electrons. The highest BCUT2D eigenvalue weighted by Crippen LogP contribution is 2.61. The Morgan fingerprint density at radius 3 is 2.65 bits per heavy atom. The third-order valence-electron chi connectivity index (χ3n) is 7.99. The van der Waals surface area contributed by atoms with Crippen LogP contribution < -0.4 is 4.74 Å². The van der Waals surface area contributed by atoms with Crippen molar-refractivity contribution in [2.24, 2.45) is 17.3 Å². The average Bonchev–Trinajstić information content (AvgIpc) is 2.67. The minimum atomic E-state index is -0.819. The maximum atomic E-state index is 11.2. The first-order valence-corrected chi connectivity index (χ1v) is 9.71. The number of hydrogen-bond acceptors (Lipinski definition) is 5. The zero-order chi connectivity index (χ0) is 18.7. The lowest BCUT2D eigenvalue weighted by molar-refractivity contribution is -0.176. The smallest absolute Gasteiger partial charge is 0.119 e. The molecule has 0 aromatic heterocycles. The standard InChI is InChI=1S/C21H31NO4/c1-13-19(25)20(11-23,12-24)10-17-18-8-14-4-5-15(26-3)9-16(14)21(13,17)6-7-22(18)2/h4-5,9,13,17-19,23-25H,6-8,10-12H2,1-3H3/t13-,17?,18?,19-,21?/m0/s1. The molecule has 0 radical (unpaired) electrons. The molecule has 1 aliphatic heterocycles. The fraction of sp³-hybridized carbons (Fsp3) is 0.714. The van der Waals surface area contributed by atoms with E-state index in [1.165, 1.54) is 11.1 Å². The molecule has 3 aliphatic rings. The van der Waals surface area contributed by atoms with Gasteiger partial charge in [0.15, 0.2) is 0 Å². The number of ether oxygens (including phenoxy) is 1. The van der Waals surface area contributed by atoms with Gasteiger partial charge in [0.1, 0.15) is 5.75 Å². The van der Waals surface area contributed by atoms with Gasteiger partial charge in [0.25, 0.3) is 0 Å². The Hall–Kier alpha value is -1.14. The first kappa shape index (κ1) is 18.2. The number of piperidine rings is 1. The van der Waals surface area contributed by atoms with E-state index in [4.69, 9.17) is 4.74 Å². The van der Waals surface area contributed by atoms with Gasteiger partial charge < -0.3 is 25.0 Å². The molecule has 1 saturated carbocycles. The Kier molecular flexibility index (Phi) is 4.35. The second kappa shape index (κ2) is 6.20. The second-order valence-corrected chi connectivity index (χ2v) is 8.79. The van der Waals surface area contributed by atoms with Crippen molar-refractivity contribution in [1.29, 1.82) is 0 Å². The predicted octanol–water partition coefficient (Wildman–Crippen LogP) is 1.18. The molecule has 2 aliphatic carbocycles. The average molecular weight is 361 g/mol. The fourth-order valence-corrected chi connectivity index (χ4v) is 6.38. The predicted molar refractivity (Wildman–Crippen MR) is 99.3 cm³/mol. The topological polar surface area (TPSA) is 73.2 Å². The summed E-state index contributed by atoms with van der Waals surface area (Å²) in [6, 6.07) is 6.74. The van der Waals surface area contributed by atoms with E-state index >= 15 is 0 Å². The fourth-order valence-electron chi connectivity index (χ4n) is 6.38. The van der Waals surface area contributed by atoms with Crippen LogP contribution in [0.2, 0.25) is 0 Å². The molecule has 1 aromatic carbocycles. The molecule has 1 heterocycles. The van der Waals surface area contributed by atoms with Gasteiger partial charge in [-0.3, -0.25) is 0 Å². The number of fused-ring (bicyclic) bond motifs is 1. The van der Waals surface area contributed by atoms with E-state index in [1.54, 1.807) is 7.11 Å². The van der Waals surface area contributed by atoms with Crippen LogP contribution in [0.15, 0.2) is 18.2 Å². The molecule has 3 N–H and O–H groups in total. The first-order chi connectivity index (χ1) is 12.4. The first-order valence-electron chi connectivity index (χ1n) is 9.71. The van der Waals surface area contributed by atoms with Crippen molar-refractivity contribution in [2.75, 3.05) is 33.9 Å². The van der Waals surface area contributed by atoms with E-state index in [0.717, 1.165) is 25.1 Å². The molecule has 0 spiro atoms. The SMILES string of the molecule is COc1ccc2c(c1)C13CCN(C)C(C2)C1CC(CO)(CO)[C@@H](O)[C@@H]3C. The van der Waals surface area contributed by atoms with Crippen LogP contribution in [-0.2, 0) is 11.8 Å². The van der Waals surface area contributed by atoms with Crippen molar-refractivity contribution in [1.82, 2.24) is 4.90 Å². The minimum Gasteiger partial charge on any atom is -0.497 e. The summed E-state index contributed by atoms with van der Waals surface area (Å²) in [5.74, 6) is 1.12. The third-order valence-corrected chi connectivity index (χ3v) is 7.99. The highest BCUT2D eigenvalue weighted by Gasteiger charge is 2.64. The number of likely N-dealkylation sites (tertiary alicyclic amines) is 1. The molecule has 4 rings (SSSR count). The zero-order valence-electron chi connectivity index (χ0n) is 16.0. The van der Waals surface area contributed by atoms with Crippen LogP contribution in [0.1, 0.15) is 30.9 Å². The van der Waals surface area contributed by atoms with Crippen molar-refractivity contribution in [2.45, 2.75) is 43.7 Å². The molecule has 1 saturated heterocycles. The molecule has 3 unspecified atom stereocenters. The highest BCUT2D eigenvalue weighted by molar-refractivity contribution is 5.47. The normalized spacial score (nSPS) is 38.4. The number of aliphatic hydroxyl groups is 3. The maximum Gasteiger partial charge on any atom is 0.119 e. The van der Waals surface area contributed by atoms with E-state index in [9.17, 15) is 15.3 Å². The molecule has 26 heavy (non-hydrogen) atoms. The maximum absolute atomic E-state index is 11.2. The number of nitrogens with zero attached hydrogens (tertiary/aromatic N) is 1. The van der Waals surface area contributed by atoms with Crippen LogP contribution in [0, 0.1) is 17.3 Å². The summed E-state index contributed by atoms with van der Waals surface area (Å²) in [5, 5.41) is 31.3. The van der Waals surface area contributed by atoms with Gasteiger partial charge in [0.05, 0.1) is 26.4 Å². The lowest BCUT2D eigenvalue weighted by Crippen LogP contribution is -2.69. The number of aliphatic hydroxyl groups excluding tert-OH is 3. The summed E-state index contributed by atoms with van der Waals surface area (Å²) >= 11 is 0. The minimum absolute atomic E-state index is 0.0390. The van der Waals surface area contributed by atoms with Gasteiger partial charge >= 0.3 is 0 Å². The Balaban J connectivity index is 1.91. The Morgan fingerprint density at radius 1 is 1.27 bits per heavy atom. The summed E-state index contributed by atoms with van der Waals surface area (Å²) in [7, 11) is 3.87. The molecule has 5 atom stereocenters. The van der Waals surface area contributed by atoms with E-state index in [2.05, 4.69) is 31.0 Å². The van der Waals surface area contributed by atoms with E-state index < -0.39 is 11.5 Å². The molecule has 5 nitrogen and oxygen atoms in total. The molecule has 5 heteroatoms.